The van der Waals surface area contributed by atoms with E-state index in [0.717, 1.165) is 11.1 Å². The molecule has 1 aromatic heterocycles. The Morgan fingerprint density at radius 3 is 2.52 bits per heavy atom. The summed E-state index contributed by atoms with van der Waals surface area (Å²) in [6.45, 7) is 13.7. The highest BCUT2D eigenvalue weighted by Gasteiger charge is 2.27. The lowest BCUT2D eigenvalue weighted by Gasteiger charge is -2.27. The minimum absolute atomic E-state index is 0.0148. The number of benzene rings is 1. The van der Waals surface area contributed by atoms with E-state index in [4.69, 9.17) is 4.74 Å². The van der Waals surface area contributed by atoms with Crippen molar-refractivity contribution in [2.75, 3.05) is 20.3 Å². The van der Waals surface area contributed by atoms with Crippen molar-refractivity contribution in [2.45, 2.75) is 72.0 Å². The van der Waals surface area contributed by atoms with Gasteiger partial charge >= 0.3 is 0 Å². The fourth-order valence-corrected chi connectivity index (χ4v) is 5.16. The molecule has 0 N–H and O–H groups in total. The Balaban J connectivity index is 2.39. The van der Waals surface area contributed by atoms with Gasteiger partial charge < -0.3 is 14.2 Å². The molecule has 0 atom stereocenters. The van der Waals surface area contributed by atoms with Gasteiger partial charge in [-0.25, -0.2) is 13.4 Å². The molecule has 0 saturated carbocycles. The van der Waals surface area contributed by atoms with Gasteiger partial charge in [-0.05, 0) is 23.8 Å². The third-order valence-electron chi connectivity index (χ3n) is 5.12. The number of hydrogen-bond donors (Lipinski definition) is 0. The van der Waals surface area contributed by atoms with Crippen molar-refractivity contribution < 1.29 is 17.9 Å². The van der Waals surface area contributed by atoms with E-state index in [0.29, 0.717) is 31.8 Å². The Labute approximate surface area is 199 Å². The van der Waals surface area contributed by atoms with Gasteiger partial charge in [-0.2, -0.15) is 0 Å². The number of carbonyl (C=O) groups is 1. The lowest BCUT2D eigenvalue weighted by molar-refractivity contribution is -0.134. The standard InChI is InChI=1S/C25H39N3O4S/c1-19(2)16-28-22(17-27(11-12-32-7)23(29)14-25(4,5)6)15-26-24(28)33(30,31)18-21-10-8-9-20(3)13-21/h8-10,13,15,19H,11-12,14,16-18H2,1-7H3. The number of carbonyl (C=O) groups excluding carboxylic acids is 1. The second-order valence-electron chi connectivity index (χ2n) is 10.3. The van der Waals surface area contributed by atoms with E-state index in [-0.39, 0.29) is 34.7 Å². The normalized spacial score (nSPS) is 12.4. The van der Waals surface area contributed by atoms with Crippen molar-refractivity contribution in [3.63, 3.8) is 0 Å². The molecule has 8 heteroatoms. The zero-order valence-corrected chi connectivity index (χ0v) is 21.9. The summed E-state index contributed by atoms with van der Waals surface area (Å²) in [7, 11) is -2.06. The largest absolute Gasteiger partial charge is 0.383 e. The molecule has 2 aromatic rings. The maximum Gasteiger partial charge on any atom is 0.228 e. The predicted octanol–water partition coefficient (Wildman–Crippen LogP) is 4.23. The van der Waals surface area contributed by atoms with Gasteiger partial charge in [-0.1, -0.05) is 64.4 Å². The Hall–Kier alpha value is -2.19. The highest BCUT2D eigenvalue weighted by molar-refractivity contribution is 7.90. The van der Waals surface area contributed by atoms with Crippen LogP contribution in [0.2, 0.25) is 0 Å². The van der Waals surface area contributed by atoms with Gasteiger partial charge in [-0.15, -0.1) is 0 Å². The van der Waals surface area contributed by atoms with E-state index in [9.17, 15) is 13.2 Å². The Bertz CT molecular complexity index is 1040. The lowest BCUT2D eigenvalue weighted by atomic mass is 9.91. The quantitative estimate of drug-likeness (QED) is 0.484. The molecule has 0 spiro atoms. The number of ether oxygens (including phenoxy) is 1. The van der Waals surface area contributed by atoms with Crippen molar-refractivity contribution in [3.05, 3.63) is 47.3 Å². The Morgan fingerprint density at radius 2 is 1.94 bits per heavy atom. The van der Waals surface area contributed by atoms with Crippen LogP contribution < -0.4 is 0 Å². The van der Waals surface area contributed by atoms with Crippen LogP contribution >= 0.6 is 0 Å². The lowest BCUT2D eigenvalue weighted by Crippen LogP contribution is -2.36. The van der Waals surface area contributed by atoms with Crippen molar-refractivity contribution in [2.24, 2.45) is 11.3 Å². The van der Waals surface area contributed by atoms with Crippen LogP contribution in [0.1, 0.15) is 57.9 Å². The number of amides is 1. The molecule has 33 heavy (non-hydrogen) atoms. The summed E-state index contributed by atoms with van der Waals surface area (Å²) in [4.78, 5) is 19.1. The molecule has 1 aromatic carbocycles. The molecule has 0 aliphatic heterocycles. The summed E-state index contributed by atoms with van der Waals surface area (Å²) in [5, 5.41) is 0.0580. The van der Waals surface area contributed by atoms with Crippen LogP contribution in [0.3, 0.4) is 0 Å². The van der Waals surface area contributed by atoms with Crippen LogP contribution in [0.5, 0.6) is 0 Å². The fourth-order valence-electron chi connectivity index (χ4n) is 3.67. The van der Waals surface area contributed by atoms with E-state index >= 15 is 0 Å². The van der Waals surface area contributed by atoms with E-state index in [1.54, 1.807) is 22.8 Å². The van der Waals surface area contributed by atoms with E-state index < -0.39 is 9.84 Å². The highest BCUT2D eigenvalue weighted by atomic mass is 32.2. The first-order chi connectivity index (χ1) is 15.3. The molecule has 0 bridgehead atoms. The summed E-state index contributed by atoms with van der Waals surface area (Å²) in [6, 6.07) is 7.50. The van der Waals surface area contributed by atoms with Crippen LogP contribution in [0.4, 0.5) is 0 Å². The van der Waals surface area contributed by atoms with Crippen molar-refractivity contribution in [3.8, 4) is 0 Å². The number of sulfone groups is 1. The van der Waals surface area contributed by atoms with Gasteiger partial charge in [0.15, 0.2) is 0 Å². The molecule has 184 valence electrons. The van der Waals surface area contributed by atoms with Gasteiger partial charge in [0.1, 0.15) is 0 Å². The summed E-state index contributed by atoms with van der Waals surface area (Å²) in [6.07, 6.45) is 1.99. The van der Waals surface area contributed by atoms with Gasteiger partial charge in [-0.3, -0.25) is 4.79 Å². The zero-order chi connectivity index (χ0) is 24.8. The third-order valence-corrected chi connectivity index (χ3v) is 6.71. The van der Waals surface area contributed by atoms with Crippen LogP contribution in [-0.4, -0.2) is 49.0 Å². The number of aromatic nitrogens is 2. The van der Waals surface area contributed by atoms with Crippen LogP contribution in [0, 0.1) is 18.3 Å². The zero-order valence-electron chi connectivity index (χ0n) is 21.1. The van der Waals surface area contributed by atoms with Crippen LogP contribution in [-0.2, 0) is 38.2 Å². The van der Waals surface area contributed by atoms with Crippen LogP contribution in [0.15, 0.2) is 35.6 Å². The van der Waals surface area contributed by atoms with Gasteiger partial charge in [0.05, 0.1) is 30.8 Å². The van der Waals surface area contributed by atoms with Crippen LogP contribution in [0.25, 0.3) is 0 Å². The van der Waals surface area contributed by atoms with Crippen molar-refractivity contribution >= 4 is 15.7 Å². The van der Waals surface area contributed by atoms with Gasteiger partial charge in [0.25, 0.3) is 0 Å². The summed E-state index contributed by atoms with van der Waals surface area (Å²) >= 11 is 0. The molecule has 0 saturated heterocycles. The maximum absolute atomic E-state index is 13.3. The van der Waals surface area contributed by atoms with Crippen molar-refractivity contribution in [1.29, 1.82) is 0 Å². The first kappa shape index (κ1) is 27.1. The molecule has 0 aliphatic rings. The van der Waals surface area contributed by atoms with E-state index in [2.05, 4.69) is 4.98 Å². The second-order valence-corrected chi connectivity index (χ2v) is 12.2. The van der Waals surface area contributed by atoms with Gasteiger partial charge in [0.2, 0.25) is 20.9 Å². The molecule has 0 radical (unpaired) electrons. The molecule has 0 aliphatic carbocycles. The number of aryl methyl sites for hydroxylation is 1. The minimum Gasteiger partial charge on any atom is -0.383 e. The SMILES string of the molecule is COCCN(Cc1cnc(S(=O)(=O)Cc2cccc(C)c2)n1CC(C)C)C(=O)CC(C)(C)C. The highest BCUT2D eigenvalue weighted by Crippen LogP contribution is 2.23. The first-order valence-electron chi connectivity index (χ1n) is 11.4. The molecular formula is C25H39N3O4S. The molecule has 2 rings (SSSR count). The molecule has 0 unspecified atom stereocenters. The number of rotatable bonds is 11. The maximum atomic E-state index is 13.3. The number of methoxy groups -OCH3 is 1. The van der Waals surface area contributed by atoms with Crippen molar-refractivity contribution in [1.82, 2.24) is 14.5 Å². The third kappa shape index (κ3) is 8.27. The summed E-state index contributed by atoms with van der Waals surface area (Å²) < 4.78 is 33.6. The number of nitrogens with zero attached hydrogens (tertiary/aromatic N) is 3. The molecule has 0 fully saturated rings. The Kier molecular flexibility index (Phi) is 9.26. The Morgan fingerprint density at radius 1 is 1.24 bits per heavy atom. The summed E-state index contributed by atoms with van der Waals surface area (Å²) in [5.74, 6) is 0.115. The minimum atomic E-state index is -3.66. The fraction of sp³-hybridized carbons (Fsp3) is 0.600. The van der Waals surface area contributed by atoms with E-state index in [1.165, 1.54) is 0 Å². The molecular weight excluding hydrogens is 438 g/mol. The van der Waals surface area contributed by atoms with E-state index in [1.807, 2.05) is 65.8 Å². The second kappa shape index (κ2) is 11.3. The number of hydrogen-bond acceptors (Lipinski definition) is 5. The monoisotopic (exact) mass is 477 g/mol. The molecule has 7 nitrogen and oxygen atoms in total. The number of imidazole rings is 1. The average molecular weight is 478 g/mol. The molecule has 1 amide bonds. The average Bonchev–Trinajstić information content (AvgIpc) is 3.05. The summed E-state index contributed by atoms with van der Waals surface area (Å²) in [5.41, 5.74) is 2.31. The van der Waals surface area contributed by atoms with Gasteiger partial charge in [0, 0.05) is 26.6 Å². The molecule has 1 heterocycles. The topological polar surface area (TPSA) is 81.5 Å². The predicted molar refractivity (Wildman–Crippen MR) is 130 cm³/mol. The smallest absolute Gasteiger partial charge is 0.228 e. The first-order valence-corrected chi connectivity index (χ1v) is 13.1.